The summed E-state index contributed by atoms with van der Waals surface area (Å²) in [5.41, 5.74) is 10.1. The molecule has 0 bridgehead atoms. The summed E-state index contributed by atoms with van der Waals surface area (Å²) in [7, 11) is 0. The van der Waals surface area contributed by atoms with E-state index in [1.807, 2.05) is 38.1 Å². The van der Waals surface area contributed by atoms with Crippen molar-refractivity contribution in [1.82, 2.24) is 0 Å². The Balaban J connectivity index is 2.81. The molecule has 0 aliphatic carbocycles. The summed E-state index contributed by atoms with van der Waals surface area (Å²) in [5, 5.41) is 12.4. The van der Waals surface area contributed by atoms with Gasteiger partial charge in [0.05, 0.1) is 17.7 Å². The summed E-state index contributed by atoms with van der Waals surface area (Å²) in [6.45, 7) is 4.00. The van der Waals surface area contributed by atoms with Gasteiger partial charge in [-0.05, 0) is 29.1 Å². The lowest BCUT2D eigenvalue weighted by Gasteiger charge is -2.09. The van der Waals surface area contributed by atoms with Crippen molar-refractivity contribution >= 4 is 6.08 Å². The summed E-state index contributed by atoms with van der Waals surface area (Å²) in [6, 6.07) is 9.17. The van der Waals surface area contributed by atoms with Gasteiger partial charge in [-0.3, -0.25) is 0 Å². The molecule has 17 heavy (non-hydrogen) atoms. The predicted molar refractivity (Wildman–Crippen MR) is 68.0 cm³/mol. The quantitative estimate of drug-likeness (QED) is 0.436. The molecule has 1 rings (SSSR count). The molecule has 0 radical (unpaired) electrons. The van der Waals surface area contributed by atoms with Crippen LogP contribution in [0.4, 0.5) is 0 Å². The Morgan fingerprint density at radius 3 is 2.47 bits per heavy atom. The Kier molecular flexibility index (Phi) is 4.80. The topological polar surface area (TPSA) is 72.5 Å². The highest BCUT2D eigenvalue weighted by Crippen LogP contribution is 2.12. The highest BCUT2D eigenvalue weighted by molar-refractivity contribution is 5.51. The summed E-state index contributed by atoms with van der Waals surface area (Å²) in [4.78, 5) is 2.83. The molecular formula is C13H14N4. The molecule has 0 N–H and O–H groups in total. The van der Waals surface area contributed by atoms with Gasteiger partial charge in [0.2, 0.25) is 0 Å². The summed E-state index contributed by atoms with van der Waals surface area (Å²) in [5.74, 6) is 0.264. The maximum absolute atomic E-state index is 8.67. The minimum absolute atomic E-state index is 0.143. The SMILES string of the molecule is CC(C)C(/C=C/c1ccc(C#N)cc1)N=[N+]=[N-]. The van der Waals surface area contributed by atoms with Gasteiger partial charge in [0, 0.05) is 4.91 Å². The van der Waals surface area contributed by atoms with Gasteiger partial charge in [-0.15, -0.1) is 0 Å². The second-order valence-corrected chi connectivity index (χ2v) is 4.03. The molecular weight excluding hydrogens is 212 g/mol. The lowest BCUT2D eigenvalue weighted by Crippen LogP contribution is -2.07. The molecule has 0 spiro atoms. The van der Waals surface area contributed by atoms with Gasteiger partial charge in [-0.2, -0.15) is 5.26 Å². The Hall–Kier alpha value is -2.24. The first-order valence-corrected chi connectivity index (χ1v) is 5.40. The number of rotatable bonds is 4. The van der Waals surface area contributed by atoms with Gasteiger partial charge >= 0.3 is 0 Å². The molecule has 0 heterocycles. The second-order valence-electron chi connectivity index (χ2n) is 4.03. The number of benzene rings is 1. The number of azide groups is 1. The molecule has 0 aliphatic rings. The van der Waals surface area contributed by atoms with Crippen LogP contribution < -0.4 is 0 Å². The van der Waals surface area contributed by atoms with Crippen LogP contribution in [0, 0.1) is 17.2 Å². The van der Waals surface area contributed by atoms with E-state index in [0.717, 1.165) is 5.56 Å². The third-order valence-corrected chi connectivity index (χ3v) is 2.39. The predicted octanol–water partition coefficient (Wildman–Crippen LogP) is 3.91. The van der Waals surface area contributed by atoms with E-state index in [1.54, 1.807) is 12.1 Å². The fourth-order valence-electron chi connectivity index (χ4n) is 1.33. The zero-order valence-corrected chi connectivity index (χ0v) is 9.91. The lowest BCUT2D eigenvalue weighted by atomic mass is 10.0. The van der Waals surface area contributed by atoms with Crippen LogP contribution in [0.3, 0.4) is 0 Å². The van der Waals surface area contributed by atoms with E-state index in [4.69, 9.17) is 10.8 Å². The Morgan fingerprint density at radius 1 is 1.35 bits per heavy atom. The fourth-order valence-corrected chi connectivity index (χ4v) is 1.33. The maximum Gasteiger partial charge on any atom is 0.0991 e. The molecule has 1 atom stereocenters. The minimum atomic E-state index is -0.143. The van der Waals surface area contributed by atoms with Gasteiger partial charge in [-0.1, -0.05) is 43.2 Å². The molecule has 0 saturated carbocycles. The molecule has 0 saturated heterocycles. The Labute approximate surface area is 101 Å². The molecule has 0 fully saturated rings. The van der Waals surface area contributed by atoms with Gasteiger partial charge in [0.25, 0.3) is 0 Å². The van der Waals surface area contributed by atoms with Gasteiger partial charge in [0.1, 0.15) is 0 Å². The third-order valence-electron chi connectivity index (χ3n) is 2.39. The van der Waals surface area contributed by atoms with Crippen molar-refractivity contribution in [2.45, 2.75) is 19.9 Å². The maximum atomic E-state index is 8.67. The highest BCUT2D eigenvalue weighted by Gasteiger charge is 2.06. The van der Waals surface area contributed by atoms with E-state index >= 15 is 0 Å². The monoisotopic (exact) mass is 226 g/mol. The van der Waals surface area contributed by atoms with E-state index in [-0.39, 0.29) is 12.0 Å². The van der Waals surface area contributed by atoms with Crippen molar-refractivity contribution in [3.63, 3.8) is 0 Å². The van der Waals surface area contributed by atoms with Crippen molar-refractivity contribution < 1.29 is 0 Å². The number of nitriles is 1. The first kappa shape index (κ1) is 12.8. The largest absolute Gasteiger partial charge is 0.192 e. The van der Waals surface area contributed by atoms with Crippen LogP contribution in [0.5, 0.6) is 0 Å². The number of hydrogen-bond acceptors (Lipinski definition) is 2. The molecule has 1 aromatic rings. The van der Waals surface area contributed by atoms with Crippen LogP contribution >= 0.6 is 0 Å². The van der Waals surface area contributed by atoms with Crippen LogP contribution in [-0.4, -0.2) is 6.04 Å². The van der Waals surface area contributed by atoms with E-state index in [0.29, 0.717) is 5.56 Å². The molecule has 86 valence electrons. The molecule has 4 nitrogen and oxygen atoms in total. The van der Waals surface area contributed by atoms with Crippen LogP contribution in [0.25, 0.3) is 16.5 Å². The summed E-state index contributed by atoms with van der Waals surface area (Å²) in [6.07, 6.45) is 3.78. The van der Waals surface area contributed by atoms with E-state index in [9.17, 15) is 0 Å². The Morgan fingerprint density at radius 2 is 2.00 bits per heavy atom. The van der Waals surface area contributed by atoms with Crippen molar-refractivity contribution in [2.75, 3.05) is 0 Å². The van der Waals surface area contributed by atoms with E-state index in [1.165, 1.54) is 0 Å². The van der Waals surface area contributed by atoms with Crippen molar-refractivity contribution in [3.8, 4) is 6.07 Å². The average molecular weight is 226 g/mol. The number of hydrogen-bond donors (Lipinski definition) is 0. The van der Waals surface area contributed by atoms with Crippen molar-refractivity contribution in [1.29, 1.82) is 5.26 Å². The summed E-state index contributed by atoms with van der Waals surface area (Å²) >= 11 is 0. The smallest absolute Gasteiger partial charge is 0.0991 e. The first-order valence-electron chi connectivity index (χ1n) is 5.40. The third kappa shape index (κ3) is 4.02. The summed E-state index contributed by atoms with van der Waals surface area (Å²) < 4.78 is 0. The average Bonchev–Trinajstić information content (AvgIpc) is 2.34. The molecule has 0 aliphatic heterocycles. The van der Waals surface area contributed by atoms with E-state index in [2.05, 4.69) is 16.1 Å². The molecule has 4 heteroatoms. The van der Waals surface area contributed by atoms with Crippen LogP contribution in [0.2, 0.25) is 0 Å². The van der Waals surface area contributed by atoms with Crippen molar-refractivity contribution in [3.05, 3.63) is 51.9 Å². The van der Waals surface area contributed by atoms with Gasteiger partial charge in [0.15, 0.2) is 0 Å². The molecule has 0 aromatic heterocycles. The Bertz CT molecular complexity index is 473. The van der Waals surface area contributed by atoms with Gasteiger partial charge in [-0.25, -0.2) is 0 Å². The van der Waals surface area contributed by atoms with Crippen LogP contribution in [0.1, 0.15) is 25.0 Å². The van der Waals surface area contributed by atoms with Crippen molar-refractivity contribution in [2.24, 2.45) is 11.0 Å². The van der Waals surface area contributed by atoms with Crippen LogP contribution in [0.15, 0.2) is 35.5 Å². The zero-order valence-electron chi connectivity index (χ0n) is 9.91. The minimum Gasteiger partial charge on any atom is -0.192 e. The fraction of sp³-hybridized carbons (Fsp3) is 0.308. The normalized spacial score (nSPS) is 12.1. The molecule has 1 unspecified atom stereocenters. The standard InChI is InChI=1S/C13H14N4/c1-10(2)13(16-17-15)8-7-11-3-5-12(9-14)6-4-11/h3-8,10,13H,1-2H3/b8-7+. The molecule has 1 aromatic carbocycles. The number of nitrogens with zero attached hydrogens (tertiary/aromatic N) is 4. The van der Waals surface area contributed by atoms with Gasteiger partial charge < -0.3 is 0 Å². The molecule has 0 amide bonds. The zero-order chi connectivity index (χ0) is 12.7. The lowest BCUT2D eigenvalue weighted by molar-refractivity contribution is 0.570. The van der Waals surface area contributed by atoms with E-state index < -0.39 is 0 Å². The first-order chi connectivity index (χ1) is 8.17. The highest BCUT2D eigenvalue weighted by atomic mass is 15.1. The van der Waals surface area contributed by atoms with Crippen LogP contribution in [-0.2, 0) is 0 Å². The second kappa shape index (κ2) is 6.37.